The van der Waals surface area contributed by atoms with Gasteiger partial charge in [-0.05, 0) is 6.07 Å². The van der Waals surface area contributed by atoms with Crippen LogP contribution in [0, 0.1) is 0 Å². The van der Waals surface area contributed by atoms with Crippen LogP contribution in [-0.4, -0.2) is 16.8 Å². The molecule has 18 heavy (non-hydrogen) atoms. The number of aliphatic hydroxyl groups is 1. The van der Waals surface area contributed by atoms with Gasteiger partial charge in [0, 0.05) is 10.5 Å². The van der Waals surface area contributed by atoms with E-state index >= 15 is 0 Å². The Morgan fingerprint density at radius 1 is 1.44 bits per heavy atom. The van der Waals surface area contributed by atoms with Crippen molar-refractivity contribution in [3.05, 3.63) is 36.0 Å². The summed E-state index contributed by atoms with van der Waals surface area (Å²) in [6.07, 6.45) is 1.68. The van der Waals surface area contributed by atoms with Crippen LogP contribution in [-0.2, 0) is 22.2 Å². The first-order valence-corrected chi connectivity index (χ1v) is 6.66. The molecule has 2 aromatic rings. The Morgan fingerprint density at radius 3 is 2.94 bits per heavy atom. The highest BCUT2D eigenvalue weighted by Gasteiger charge is 2.11. The van der Waals surface area contributed by atoms with E-state index in [1.807, 2.05) is 24.3 Å². The van der Waals surface area contributed by atoms with E-state index in [-0.39, 0.29) is 13.2 Å². The van der Waals surface area contributed by atoms with Crippen LogP contribution in [0.25, 0.3) is 10.9 Å². The molecule has 0 aliphatic heterocycles. The minimum Gasteiger partial charge on any atom is -0.781 e. The third-order valence-electron chi connectivity index (χ3n) is 2.47. The third kappa shape index (κ3) is 3.11. The van der Waals surface area contributed by atoms with Crippen LogP contribution in [0.5, 0.6) is 0 Å². The van der Waals surface area contributed by atoms with Gasteiger partial charge >= 0.3 is 0 Å². The Bertz CT molecular complexity index is 576. The van der Waals surface area contributed by atoms with E-state index in [0.717, 1.165) is 16.5 Å². The quantitative estimate of drug-likeness (QED) is 0.598. The Labute approximate surface area is 104 Å². The van der Waals surface area contributed by atoms with E-state index in [0.29, 0.717) is 6.54 Å². The number of aromatic nitrogens is 2. The van der Waals surface area contributed by atoms with Gasteiger partial charge in [0.15, 0.2) is 6.54 Å². The lowest BCUT2D eigenvalue weighted by Crippen LogP contribution is -2.40. The van der Waals surface area contributed by atoms with Crippen LogP contribution in [0.15, 0.2) is 30.5 Å². The minimum atomic E-state index is -3.20. The van der Waals surface area contributed by atoms with Gasteiger partial charge in [0.1, 0.15) is 20.4 Å². The number of fused-ring (bicyclic) bond motifs is 1. The van der Waals surface area contributed by atoms with Gasteiger partial charge in [0.25, 0.3) is 0 Å². The normalized spacial score (nSPS) is 12.8. The van der Waals surface area contributed by atoms with Crippen molar-refractivity contribution in [1.29, 1.82) is 0 Å². The average Bonchev–Trinajstić information content (AvgIpc) is 2.36. The van der Waals surface area contributed by atoms with Gasteiger partial charge < -0.3 is 19.1 Å². The van der Waals surface area contributed by atoms with Crippen molar-refractivity contribution in [2.24, 2.45) is 0 Å². The van der Waals surface area contributed by atoms with Crippen molar-refractivity contribution in [1.82, 2.24) is 5.10 Å². The van der Waals surface area contributed by atoms with Crippen LogP contribution in [0.3, 0.4) is 0 Å². The maximum Gasteiger partial charge on any atom is 0.202 e. The molecule has 1 N–H and O–H groups in total. The summed E-state index contributed by atoms with van der Waals surface area (Å²) in [6.45, 7) is 0.300. The summed E-state index contributed by atoms with van der Waals surface area (Å²) < 4.78 is 16.7. The summed E-state index contributed by atoms with van der Waals surface area (Å²) in [5.41, 5.74) is 1.46. The first-order valence-electron chi connectivity index (χ1n) is 5.43. The largest absolute Gasteiger partial charge is 0.781 e. The van der Waals surface area contributed by atoms with E-state index in [4.69, 9.17) is 5.11 Å². The molecule has 0 aliphatic rings. The summed E-state index contributed by atoms with van der Waals surface area (Å²) >= 11 is 0. The van der Waals surface area contributed by atoms with Gasteiger partial charge in [-0.25, -0.2) is 0 Å². The molecular weight excluding hydrogens is 255 g/mol. The number of benzene rings is 1. The van der Waals surface area contributed by atoms with Crippen LogP contribution in [0.2, 0.25) is 0 Å². The molecule has 0 bridgehead atoms. The fourth-order valence-electron chi connectivity index (χ4n) is 1.72. The van der Waals surface area contributed by atoms with Gasteiger partial charge in [0.2, 0.25) is 6.20 Å². The second kappa shape index (κ2) is 6.02. The molecule has 0 aliphatic carbocycles. The highest BCUT2D eigenvalue weighted by molar-refractivity contribution is 7.30. The summed E-state index contributed by atoms with van der Waals surface area (Å²) in [5.74, 6) is 0. The summed E-state index contributed by atoms with van der Waals surface area (Å²) in [5, 5.41) is 14.1. The minimum absolute atomic E-state index is 0.0181. The molecule has 1 unspecified atom stereocenters. The van der Waals surface area contributed by atoms with Gasteiger partial charge in [-0.1, -0.05) is 22.9 Å². The molecule has 1 aromatic carbocycles. The van der Waals surface area contributed by atoms with Crippen LogP contribution in [0.4, 0.5) is 0 Å². The molecule has 7 heteroatoms. The zero-order chi connectivity index (χ0) is 13.0. The van der Waals surface area contributed by atoms with Crippen LogP contribution >= 0.6 is 8.25 Å². The first kappa shape index (κ1) is 13.1. The predicted octanol–water partition coefficient (Wildman–Crippen LogP) is -0.219. The number of rotatable bonds is 5. The molecule has 1 aromatic heterocycles. The monoisotopic (exact) mass is 268 g/mol. The number of aliphatic hydroxyl groups excluding tert-OH is 1. The van der Waals surface area contributed by atoms with Gasteiger partial charge in [-0.15, -0.1) is 0 Å². The lowest BCUT2D eigenvalue weighted by Gasteiger charge is -2.07. The zero-order valence-corrected chi connectivity index (χ0v) is 10.6. The Hall–Kier alpha value is -1.33. The fraction of sp³-hybridized carbons (Fsp3) is 0.273. The van der Waals surface area contributed by atoms with Crippen molar-refractivity contribution in [3.8, 4) is 0 Å². The molecule has 1 atom stereocenters. The van der Waals surface area contributed by atoms with Gasteiger partial charge in [-0.3, -0.25) is 0 Å². The van der Waals surface area contributed by atoms with Crippen molar-refractivity contribution < 1.29 is 23.8 Å². The van der Waals surface area contributed by atoms with E-state index < -0.39 is 8.25 Å². The maximum absolute atomic E-state index is 10.5. The van der Waals surface area contributed by atoms with Crippen molar-refractivity contribution in [2.45, 2.75) is 13.2 Å². The van der Waals surface area contributed by atoms with E-state index in [2.05, 4.69) is 9.62 Å². The topological polar surface area (TPSA) is 86.4 Å². The molecular formula is C11H13N2O4P. The molecule has 2 rings (SSSR count). The number of hydrogen-bond donors (Lipinski definition) is 1. The molecule has 0 saturated heterocycles. The fourth-order valence-corrected chi connectivity index (χ4v) is 1.99. The Morgan fingerprint density at radius 2 is 2.22 bits per heavy atom. The molecule has 0 saturated carbocycles. The maximum atomic E-state index is 10.5. The van der Waals surface area contributed by atoms with Crippen LogP contribution < -0.4 is 9.58 Å². The van der Waals surface area contributed by atoms with Crippen molar-refractivity contribution in [3.63, 3.8) is 0 Å². The Kier molecular flexibility index (Phi) is 4.38. The molecule has 0 amide bonds. The molecule has 0 spiro atoms. The zero-order valence-electron chi connectivity index (χ0n) is 9.57. The SMILES string of the molecule is O=[PH]([O-])OCc1c[n+](CCO)nc2ccccc12. The smallest absolute Gasteiger partial charge is 0.202 e. The Balaban J connectivity index is 2.43. The van der Waals surface area contributed by atoms with E-state index in [9.17, 15) is 9.46 Å². The lowest BCUT2D eigenvalue weighted by molar-refractivity contribution is -0.752. The molecule has 1 heterocycles. The van der Waals surface area contributed by atoms with E-state index in [1.165, 1.54) is 0 Å². The van der Waals surface area contributed by atoms with E-state index in [1.54, 1.807) is 10.9 Å². The summed E-state index contributed by atoms with van der Waals surface area (Å²) in [7, 11) is -3.20. The van der Waals surface area contributed by atoms with Crippen molar-refractivity contribution >= 4 is 19.2 Å². The molecule has 96 valence electrons. The average molecular weight is 268 g/mol. The van der Waals surface area contributed by atoms with Crippen LogP contribution in [0.1, 0.15) is 5.56 Å². The predicted molar refractivity (Wildman–Crippen MR) is 62.8 cm³/mol. The highest BCUT2D eigenvalue weighted by Crippen LogP contribution is 2.19. The van der Waals surface area contributed by atoms with Gasteiger partial charge in [-0.2, -0.15) is 0 Å². The third-order valence-corrected chi connectivity index (χ3v) is 2.85. The van der Waals surface area contributed by atoms with Gasteiger partial charge in [0.05, 0.1) is 12.2 Å². The molecule has 0 fully saturated rings. The molecule has 0 radical (unpaired) electrons. The highest BCUT2D eigenvalue weighted by atomic mass is 31.1. The summed E-state index contributed by atoms with van der Waals surface area (Å²) in [4.78, 5) is 10.5. The van der Waals surface area contributed by atoms with Crippen molar-refractivity contribution in [2.75, 3.05) is 6.61 Å². The number of hydrogen-bond acceptors (Lipinski definition) is 5. The second-order valence-corrected chi connectivity index (χ2v) is 4.49. The second-order valence-electron chi connectivity index (χ2n) is 3.70. The first-order chi connectivity index (χ1) is 8.70. The standard InChI is InChI=1S/C11H13N2O4P/c14-6-5-13-7-9(8-17-18(15)16)10-3-1-2-4-11(10)12-13/h1-4,7,14,18H,5-6,8H2. The lowest BCUT2D eigenvalue weighted by atomic mass is 10.1. The number of nitrogens with zero attached hydrogens (tertiary/aromatic N) is 2. The summed E-state index contributed by atoms with van der Waals surface area (Å²) in [6, 6.07) is 7.38. The molecule has 6 nitrogen and oxygen atoms in total.